The summed E-state index contributed by atoms with van der Waals surface area (Å²) in [5.74, 6) is -0.306. The topological polar surface area (TPSA) is 47.4 Å². The van der Waals surface area contributed by atoms with Crippen molar-refractivity contribution in [2.75, 3.05) is 20.2 Å². The first-order valence-electron chi connectivity index (χ1n) is 8.15. The molecule has 0 aliphatic carbocycles. The monoisotopic (exact) mass is 331 g/mol. The van der Waals surface area contributed by atoms with Gasteiger partial charge in [-0.15, -0.1) is 0 Å². The van der Waals surface area contributed by atoms with Crippen LogP contribution in [0.5, 0.6) is 0 Å². The highest BCUT2D eigenvalue weighted by Crippen LogP contribution is 2.32. The number of nitrogens with zero attached hydrogens (tertiary/aromatic N) is 3. The predicted octanol–water partition coefficient (Wildman–Crippen LogP) is 2.65. The Morgan fingerprint density at radius 2 is 2.08 bits per heavy atom. The number of piperidine rings is 1. The number of methoxy groups -OCH3 is 1. The molecule has 0 bridgehead atoms. The van der Waals surface area contributed by atoms with Gasteiger partial charge in [-0.2, -0.15) is 5.10 Å². The highest BCUT2D eigenvalue weighted by molar-refractivity contribution is 5.77. The zero-order valence-electron chi connectivity index (χ0n) is 14.0. The molecule has 1 aromatic carbocycles. The molecule has 1 aromatic heterocycles. The van der Waals surface area contributed by atoms with Gasteiger partial charge in [0.1, 0.15) is 11.9 Å². The molecule has 0 saturated carbocycles. The fourth-order valence-corrected chi connectivity index (χ4v) is 3.52. The highest BCUT2D eigenvalue weighted by Gasteiger charge is 2.33. The van der Waals surface area contributed by atoms with Gasteiger partial charge in [-0.05, 0) is 43.1 Å². The van der Waals surface area contributed by atoms with Crippen molar-refractivity contribution in [3.63, 3.8) is 0 Å². The number of rotatable bonds is 4. The summed E-state index contributed by atoms with van der Waals surface area (Å²) < 4.78 is 20.1. The van der Waals surface area contributed by atoms with Gasteiger partial charge in [0.05, 0.1) is 7.11 Å². The van der Waals surface area contributed by atoms with Crippen LogP contribution in [0.25, 0.3) is 0 Å². The summed E-state index contributed by atoms with van der Waals surface area (Å²) in [4.78, 5) is 14.5. The average Bonchev–Trinajstić information content (AvgIpc) is 3.03. The van der Waals surface area contributed by atoms with Crippen molar-refractivity contribution in [2.45, 2.75) is 24.8 Å². The van der Waals surface area contributed by atoms with Gasteiger partial charge >= 0.3 is 5.97 Å². The van der Waals surface area contributed by atoms with E-state index in [1.54, 1.807) is 18.3 Å². The molecular formula is C18H22FN3O2. The number of aromatic nitrogens is 2. The number of ether oxygens (including phenoxy) is 1. The summed E-state index contributed by atoms with van der Waals surface area (Å²) in [7, 11) is 3.33. The molecule has 0 amide bonds. The minimum absolute atomic E-state index is 0.311. The molecule has 0 spiro atoms. The van der Waals surface area contributed by atoms with Gasteiger partial charge in [0.25, 0.3) is 0 Å². The van der Waals surface area contributed by atoms with Crippen LogP contribution in [0, 0.1) is 5.82 Å². The van der Waals surface area contributed by atoms with E-state index in [1.807, 2.05) is 17.8 Å². The van der Waals surface area contributed by atoms with Crippen LogP contribution in [0.3, 0.4) is 0 Å². The lowest BCUT2D eigenvalue weighted by Gasteiger charge is -2.37. The molecule has 1 aliphatic heterocycles. The number of hydrogen-bond acceptors (Lipinski definition) is 4. The Hall–Kier alpha value is -2.21. The molecule has 1 fully saturated rings. The predicted molar refractivity (Wildman–Crippen MR) is 87.9 cm³/mol. The van der Waals surface area contributed by atoms with E-state index in [4.69, 9.17) is 4.74 Å². The van der Waals surface area contributed by atoms with E-state index in [-0.39, 0.29) is 11.8 Å². The van der Waals surface area contributed by atoms with Crippen LogP contribution in [-0.4, -0.2) is 40.8 Å². The number of aryl methyl sites for hydroxylation is 1. The number of benzene rings is 1. The molecule has 2 atom stereocenters. The Labute approximate surface area is 141 Å². The SMILES string of the molecule is COC(=O)[C@@H](c1ccc(F)cc1)N1CCC[C@H](c2ccnn2C)C1. The third-order valence-electron chi connectivity index (χ3n) is 4.71. The molecule has 0 N–H and O–H groups in total. The fourth-order valence-electron chi connectivity index (χ4n) is 3.52. The van der Waals surface area contributed by atoms with E-state index >= 15 is 0 Å². The maximum atomic E-state index is 13.2. The summed E-state index contributed by atoms with van der Waals surface area (Å²) >= 11 is 0. The van der Waals surface area contributed by atoms with E-state index < -0.39 is 6.04 Å². The number of hydrogen-bond donors (Lipinski definition) is 0. The zero-order chi connectivity index (χ0) is 17.1. The number of likely N-dealkylation sites (tertiary alicyclic amines) is 1. The lowest BCUT2D eigenvalue weighted by Crippen LogP contribution is -2.41. The minimum atomic E-state index is -0.508. The molecule has 24 heavy (non-hydrogen) atoms. The maximum absolute atomic E-state index is 13.2. The molecule has 0 radical (unpaired) electrons. The Balaban J connectivity index is 1.86. The van der Waals surface area contributed by atoms with Gasteiger partial charge < -0.3 is 4.74 Å². The van der Waals surface area contributed by atoms with Crippen LogP contribution in [0.15, 0.2) is 36.5 Å². The van der Waals surface area contributed by atoms with Crippen molar-refractivity contribution in [3.8, 4) is 0 Å². The van der Waals surface area contributed by atoms with E-state index in [0.717, 1.165) is 31.5 Å². The summed E-state index contributed by atoms with van der Waals surface area (Å²) in [5, 5.41) is 4.25. The van der Waals surface area contributed by atoms with Gasteiger partial charge in [-0.1, -0.05) is 12.1 Å². The van der Waals surface area contributed by atoms with Crippen LogP contribution in [0.4, 0.5) is 4.39 Å². The van der Waals surface area contributed by atoms with Crippen molar-refractivity contribution in [1.82, 2.24) is 14.7 Å². The largest absolute Gasteiger partial charge is 0.468 e. The third-order valence-corrected chi connectivity index (χ3v) is 4.71. The first-order chi connectivity index (χ1) is 11.6. The molecule has 5 nitrogen and oxygen atoms in total. The average molecular weight is 331 g/mol. The van der Waals surface area contributed by atoms with Gasteiger partial charge in [0.2, 0.25) is 0 Å². The fraction of sp³-hybridized carbons (Fsp3) is 0.444. The van der Waals surface area contributed by atoms with Gasteiger partial charge in [-0.3, -0.25) is 9.58 Å². The lowest BCUT2D eigenvalue weighted by atomic mass is 9.92. The van der Waals surface area contributed by atoms with Crippen molar-refractivity contribution in [1.29, 1.82) is 0 Å². The second-order valence-corrected chi connectivity index (χ2v) is 6.19. The van der Waals surface area contributed by atoms with Crippen LogP contribution in [0.2, 0.25) is 0 Å². The Kier molecular flexibility index (Phi) is 4.94. The number of carbonyl (C=O) groups is 1. The summed E-state index contributed by atoms with van der Waals surface area (Å²) in [6, 6.07) is 7.60. The second-order valence-electron chi connectivity index (χ2n) is 6.19. The first kappa shape index (κ1) is 16.6. The van der Waals surface area contributed by atoms with Gasteiger partial charge in [0.15, 0.2) is 0 Å². The molecule has 6 heteroatoms. The van der Waals surface area contributed by atoms with E-state index in [0.29, 0.717) is 5.92 Å². The summed E-state index contributed by atoms with van der Waals surface area (Å²) in [6.07, 6.45) is 3.85. The van der Waals surface area contributed by atoms with E-state index in [9.17, 15) is 9.18 Å². The van der Waals surface area contributed by atoms with E-state index in [2.05, 4.69) is 10.00 Å². The summed E-state index contributed by atoms with van der Waals surface area (Å²) in [6.45, 7) is 1.56. The van der Waals surface area contributed by atoms with Crippen LogP contribution >= 0.6 is 0 Å². The normalized spacial score (nSPS) is 19.9. The zero-order valence-corrected chi connectivity index (χ0v) is 14.0. The number of esters is 1. The highest BCUT2D eigenvalue weighted by atomic mass is 19.1. The Morgan fingerprint density at radius 3 is 2.71 bits per heavy atom. The molecule has 1 aliphatic rings. The standard InChI is InChI=1S/C18H22FN3O2/c1-21-16(9-10-20-21)14-4-3-11-22(12-14)17(18(23)24-2)13-5-7-15(19)8-6-13/h5-10,14,17H,3-4,11-12H2,1-2H3/t14-,17+/m0/s1. The van der Waals surface area contributed by atoms with Crippen molar-refractivity contribution in [3.05, 3.63) is 53.6 Å². The van der Waals surface area contributed by atoms with Gasteiger partial charge in [0, 0.05) is 31.4 Å². The number of carbonyl (C=O) groups excluding carboxylic acids is 1. The molecule has 128 valence electrons. The molecule has 2 heterocycles. The molecule has 2 aromatic rings. The van der Waals surface area contributed by atoms with Crippen molar-refractivity contribution >= 4 is 5.97 Å². The summed E-state index contributed by atoms with van der Waals surface area (Å²) in [5.41, 5.74) is 1.93. The maximum Gasteiger partial charge on any atom is 0.327 e. The van der Waals surface area contributed by atoms with Crippen LogP contribution in [-0.2, 0) is 16.6 Å². The van der Waals surface area contributed by atoms with Crippen LogP contribution < -0.4 is 0 Å². The van der Waals surface area contributed by atoms with Crippen molar-refractivity contribution < 1.29 is 13.9 Å². The molecule has 3 rings (SSSR count). The molecule has 0 unspecified atom stereocenters. The Bertz CT molecular complexity index is 699. The third kappa shape index (κ3) is 3.33. The Morgan fingerprint density at radius 1 is 1.33 bits per heavy atom. The van der Waals surface area contributed by atoms with Crippen molar-refractivity contribution in [2.24, 2.45) is 7.05 Å². The molecule has 1 saturated heterocycles. The van der Waals surface area contributed by atoms with Crippen LogP contribution in [0.1, 0.15) is 36.1 Å². The minimum Gasteiger partial charge on any atom is -0.468 e. The van der Waals surface area contributed by atoms with E-state index in [1.165, 1.54) is 24.9 Å². The van der Waals surface area contributed by atoms with Gasteiger partial charge in [-0.25, -0.2) is 9.18 Å². The second kappa shape index (κ2) is 7.13. The lowest BCUT2D eigenvalue weighted by molar-refractivity contribution is -0.147. The quantitative estimate of drug-likeness (QED) is 0.808. The number of halogens is 1. The smallest absolute Gasteiger partial charge is 0.327 e. The molecular weight excluding hydrogens is 309 g/mol. The first-order valence-corrected chi connectivity index (χ1v) is 8.15.